The van der Waals surface area contributed by atoms with Gasteiger partial charge in [-0.1, -0.05) is 24.3 Å². The number of rotatable bonds is 2. The molecule has 3 amide bonds. The van der Waals surface area contributed by atoms with Crippen LogP contribution in [0.4, 0.5) is 4.79 Å². The van der Waals surface area contributed by atoms with Crippen LogP contribution in [0.15, 0.2) is 36.9 Å². The average Bonchev–Trinajstić information content (AvgIpc) is 3.01. The molecule has 1 N–H and O–H groups in total. The molecule has 1 aromatic carbocycles. The predicted molar refractivity (Wildman–Crippen MR) is 88.0 cm³/mol. The number of urea groups is 1. The molecule has 0 saturated carbocycles. The third kappa shape index (κ3) is 1.67. The summed E-state index contributed by atoms with van der Waals surface area (Å²) in [4.78, 5) is 31.9. The Morgan fingerprint density at radius 2 is 2.09 bits per heavy atom. The Labute approximate surface area is 134 Å². The lowest BCUT2D eigenvalue weighted by Gasteiger charge is -2.42. The first-order chi connectivity index (χ1) is 11.0. The molecule has 5 nitrogen and oxygen atoms in total. The van der Waals surface area contributed by atoms with Gasteiger partial charge in [0.2, 0.25) is 0 Å². The summed E-state index contributed by atoms with van der Waals surface area (Å²) < 4.78 is 0. The Balaban J connectivity index is 1.90. The number of nitrogens with zero attached hydrogens (tertiary/aromatic N) is 2. The van der Waals surface area contributed by atoms with Gasteiger partial charge in [-0.3, -0.25) is 9.69 Å². The second kappa shape index (κ2) is 4.47. The van der Waals surface area contributed by atoms with Gasteiger partial charge in [0, 0.05) is 29.6 Å². The van der Waals surface area contributed by atoms with Crippen LogP contribution in [0.2, 0.25) is 0 Å². The van der Waals surface area contributed by atoms with Crippen LogP contribution in [0.25, 0.3) is 10.9 Å². The summed E-state index contributed by atoms with van der Waals surface area (Å²) in [6.45, 7) is 7.90. The highest BCUT2D eigenvalue weighted by molar-refractivity contribution is 6.06. The molecule has 4 rings (SSSR count). The van der Waals surface area contributed by atoms with Crippen molar-refractivity contribution in [2.45, 2.75) is 31.8 Å². The number of benzene rings is 1. The number of imide groups is 1. The van der Waals surface area contributed by atoms with Crippen molar-refractivity contribution < 1.29 is 9.59 Å². The summed E-state index contributed by atoms with van der Waals surface area (Å²) in [7, 11) is 0. The van der Waals surface area contributed by atoms with Gasteiger partial charge in [0.15, 0.2) is 0 Å². The fraction of sp³-hybridized carbons (Fsp3) is 0.333. The van der Waals surface area contributed by atoms with Crippen molar-refractivity contribution >= 4 is 22.8 Å². The lowest BCUT2D eigenvalue weighted by atomic mass is 9.85. The monoisotopic (exact) mass is 309 g/mol. The average molecular weight is 309 g/mol. The molecule has 0 spiro atoms. The Morgan fingerprint density at radius 3 is 2.83 bits per heavy atom. The van der Waals surface area contributed by atoms with Crippen molar-refractivity contribution in [3.63, 3.8) is 0 Å². The molecule has 0 bridgehead atoms. The zero-order valence-electron chi connectivity index (χ0n) is 13.3. The zero-order valence-corrected chi connectivity index (χ0v) is 13.3. The molecule has 1 aromatic heterocycles. The van der Waals surface area contributed by atoms with Crippen LogP contribution in [0, 0.1) is 0 Å². The molecule has 1 saturated heterocycles. The number of aromatic nitrogens is 1. The normalized spacial score (nSPS) is 22.4. The van der Waals surface area contributed by atoms with Gasteiger partial charge in [0.1, 0.15) is 6.04 Å². The minimum absolute atomic E-state index is 0.126. The number of hydrogen-bond donors (Lipinski definition) is 1. The molecule has 3 heterocycles. The first kappa shape index (κ1) is 14.1. The van der Waals surface area contributed by atoms with Crippen molar-refractivity contribution in [1.82, 2.24) is 14.8 Å². The molecule has 5 heteroatoms. The van der Waals surface area contributed by atoms with Crippen molar-refractivity contribution in [2.75, 3.05) is 6.54 Å². The van der Waals surface area contributed by atoms with Crippen molar-refractivity contribution in [1.29, 1.82) is 0 Å². The molecule has 1 fully saturated rings. The highest BCUT2D eigenvalue weighted by atomic mass is 16.2. The third-order valence-corrected chi connectivity index (χ3v) is 5.04. The van der Waals surface area contributed by atoms with E-state index in [9.17, 15) is 9.59 Å². The summed E-state index contributed by atoms with van der Waals surface area (Å²) in [5.41, 5.74) is 2.67. The van der Waals surface area contributed by atoms with Crippen LogP contribution in [0.5, 0.6) is 0 Å². The van der Waals surface area contributed by atoms with E-state index < -0.39 is 11.6 Å². The second-order valence-corrected chi connectivity index (χ2v) is 6.69. The van der Waals surface area contributed by atoms with E-state index in [1.54, 1.807) is 11.0 Å². The SMILES string of the molecule is C=CCN1C(=O)C2Cc3c([nH]c4ccccc34)C(C)(C)N2C1=O. The van der Waals surface area contributed by atoms with Crippen molar-refractivity contribution in [3.05, 3.63) is 48.2 Å². The van der Waals surface area contributed by atoms with E-state index in [4.69, 9.17) is 0 Å². The number of nitrogens with one attached hydrogen (secondary N) is 1. The number of H-pyrrole nitrogens is 1. The van der Waals surface area contributed by atoms with E-state index in [2.05, 4.69) is 17.6 Å². The maximum Gasteiger partial charge on any atom is 0.328 e. The van der Waals surface area contributed by atoms with Gasteiger partial charge >= 0.3 is 6.03 Å². The lowest BCUT2D eigenvalue weighted by Crippen LogP contribution is -2.52. The first-order valence-corrected chi connectivity index (χ1v) is 7.82. The van der Waals surface area contributed by atoms with Crippen LogP contribution in [-0.2, 0) is 16.8 Å². The molecule has 23 heavy (non-hydrogen) atoms. The van der Waals surface area contributed by atoms with Crippen LogP contribution >= 0.6 is 0 Å². The van der Waals surface area contributed by atoms with Gasteiger partial charge in [-0.25, -0.2) is 4.79 Å². The minimum atomic E-state index is -0.556. The number of carbonyl (C=O) groups is 2. The van der Waals surface area contributed by atoms with Gasteiger partial charge in [-0.2, -0.15) is 0 Å². The van der Waals surface area contributed by atoms with Gasteiger partial charge in [-0.05, 0) is 25.5 Å². The van der Waals surface area contributed by atoms with E-state index in [0.717, 1.165) is 22.2 Å². The number of carbonyl (C=O) groups excluding carboxylic acids is 2. The van der Waals surface area contributed by atoms with E-state index >= 15 is 0 Å². The van der Waals surface area contributed by atoms with E-state index in [0.29, 0.717) is 6.42 Å². The molecule has 0 radical (unpaired) electrons. The van der Waals surface area contributed by atoms with Crippen molar-refractivity contribution in [2.24, 2.45) is 0 Å². The number of fused-ring (bicyclic) bond motifs is 4. The Morgan fingerprint density at radius 1 is 1.35 bits per heavy atom. The topological polar surface area (TPSA) is 56.4 Å². The molecular weight excluding hydrogens is 290 g/mol. The third-order valence-electron chi connectivity index (χ3n) is 5.04. The van der Waals surface area contributed by atoms with Gasteiger partial charge in [0.25, 0.3) is 5.91 Å². The largest absolute Gasteiger partial charge is 0.356 e. The first-order valence-electron chi connectivity index (χ1n) is 7.82. The predicted octanol–water partition coefficient (Wildman–Crippen LogP) is 2.78. The Kier molecular flexibility index (Phi) is 2.73. The number of aromatic amines is 1. The highest BCUT2D eigenvalue weighted by Gasteiger charge is 2.55. The standard InChI is InChI=1S/C18H19N3O2/c1-4-9-20-16(22)14-10-12-11-7-5-6-8-13(11)19-15(12)18(2,3)21(14)17(20)23/h4-8,14,19H,1,9-10H2,2-3H3. The van der Waals surface area contributed by atoms with E-state index in [1.165, 1.54) is 4.90 Å². The summed E-state index contributed by atoms with van der Waals surface area (Å²) in [5, 5.41) is 1.14. The van der Waals surface area contributed by atoms with Crippen molar-refractivity contribution in [3.8, 4) is 0 Å². The maximum atomic E-state index is 12.8. The van der Waals surface area contributed by atoms with E-state index in [1.807, 2.05) is 32.0 Å². The van der Waals surface area contributed by atoms with Crippen LogP contribution in [0.3, 0.4) is 0 Å². The van der Waals surface area contributed by atoms with Crippen LogP contribution in [-0.4, -0.2) is 39.3 Å². The zero-order chi connectivity index (χ0) is 16.4. The molecule has 2 aliphatic rings. The van der Waals surface area contributed by atoms with Gasteiger partial charge in [0.05, 0.1) is 5.54 Å². The second-order valence-electron chi connectivity index (χ2n) is 6.69. The number of hydrogen-bond acceptors (Lipinski definition) is 2. The molecule has 1 unspecified atom stereocenters. The quantitative estimate of drug-likeness (QED) is 0.685. The van der Waals surface area contributed by atoms with Crippen LogP contribution in [0.1, 0.15) is 25.1 Å². The molecule has 1 atom stereocenters. The molecule has 2 aromatic rings. The van der Waals surface area contributed by atoms with Gasteiger partial charge in [-0.15, -0.1) is 6.58 Å². The molecule has 118 valence electrons. The Hall–Kier alpha value is -2.56. The fourth-order valence-corrected chi connectivity index (χ4v) is 4.00. The van der Waals surface area contributed by atoms with Crippen LogP contribution < -0.4 is 0 Å². The number of para-hydroxylation sites is 1. The molecule has 2 aliphatic heterocycles. The summed E-state index contributed by atoms with van der Waals surface area (Å²) >= 11 is 0. The smallest absolute Gasteiger partial charge is 0.328 e. The Bertz CT molecular complexity index is 849. The summed E-state index contributed by atoms with van der Waals surface area (Å²) in [6, 6.07) is 7.43. The fourth-order valence-electron chi connectivity index (χ4n) is 4.00. The lowest BCUT2D eigenvalue weighted by molar-refractivity contribution is -0.128. The van der Waals surface area contributed by atoms with Gasteiger partial charge < -0.3 is 9.88 Å². The highest BCUT2D eigenvalue weighted by Crippen LogP contribution is 2.44. The minimum Gasteiger partial charge on any atom is -0.356 e. The number of amides is 3. The molecule has 0 aliphatic carbocycles. The maximum absolute atomic E-state index is 12.8. The van der Waals surface area contributed by atoms with E-state index in [-0.39, 0.29) is 18.5 Å². The molecular formula is C18H19N3O2. The summed E-state index contributed by atoms with van der Waals surface area (Å²) in [5.74, 6) is -0.126. The summed E-state index contributed by atoms with van der Waals surface area (Å²) in [6.07, 6.45) is 2.15.